The highest BCUT2D eigenvalue weighted by molar-refractivity contribution is 6.04. The predicted molar refractivity (Wildman–Crippen MR) is 185 cm³/mol. The van der Waals surface area contributed by atoms with E-state index in [9.17, 15) is 24.3 Å². The number of benzene rings is 2. The van der Waals surface area contributed by atoms with Gasteiger partial charge < -0.3 is 30.0 Å². The van der Waals surface area contributed by atoms with E-state index in [0.29, 0.717) is 28.5 Å². The Labute approximate surface area is 287 Å². The van der Waals surface area contributed by atoms with Gasteiger partial charge in [-0.05, 0) is 70.2 Å². The zero-order chi connectivity index (χ0) is 36.2. The van der Waals surface area contributed by atoms with Crippen LogP contribution in [0.2, 0.25) is 0 Å². The number of carbonyl (C=O) groups excluding carboxylic acids is 2. The fraction of sp³-hybridized carbons (Fsp3) is 0.278. The van der Waals surface area contributed by atoms with Gasteiger partial charge in [0.1, 0.15) is 40.3 Å². The molecular formula is C36H38N6O8. The number of ether oxygens (including phenoxy) is 3. The number of pyridine rings is 2. The maximum atomic E-state index is 13.9. The summed E-state index contributed by atoms with van der Waals surface area (Å²) < 4.78 is 19.4. The van der Waals surface area contributed by atoms with E-state index in [-0.39, 0.29) is 23.6 Å². The number of methoxy groups -OCH3 is 1. The van der Waals surface area contributed by atoms with Gasteiger partial charge >= 0.3 is 12.1 Å². The standard InChI is InChI=1S/C36H38N6O8/c1-21(31(34(45)46)40-35(47)50-36(3,4)5)20-41-22(2)30(33(44)42(41)23-10-8-7-9-11-23)32(43)39-29-15-13-25(19-38-29)49-28-16-17-37-27-18-24(48-6)12-14-26(27)28/h7-19,21,31H,20H2,1-6H3,(H,40,47)(H,45,46)(H,38,39,43)/t21-,31?/m1/s1. The average molecular weight is 683 g/mol. The van der Waals surface area contributed by atoms with Crippen LogP contribution in [0.3, 0.4) is 0 Å². The quantitative estimate of drug-likeness (QED) is 0.160. The van der Waals surface area contributed by atoms with Crippen molar-refractivity contribution in [1.82, 2.24) is 24.6 Å². The summed E-state index contributed by atoms with van der Waals surface area (Å²) in [6.45, 7) is 8.17. The molecule has 14 heteroatoms. The minimum atomic E-state index is -1.36. The van der Waals surface area contributed by atoms with Gasteiger partial charge in [-0.2, -0.15) is 0 Å². The highest BCUT2D eigenvalue weighted by Crippen LogP contribution is 2.31. The molecule has 0 fully saturated rings. The first kappa shape index (κ1) is 35.1. The molecule has 0 aliphatic heterocycles. The van der Waals surface area contributed by atoms with Crippen LogP contribution >= 0.6 is 0 Å². The molecule has 1 unspecified atom stereocenters. The summed E-state index contributed by atoms with van der Waals surface area (Å²) >= 11 is 0. The summed E-state index contributed by atoms with van der Waals surface area (Å²) in [5.41, 5.74) is -0.184. The highest BCUT2D eigenvalue weighted by atomic mass is 16.6. The summed E-state index contributed by atoms with van der Waals surface area (Å²) in [7, 11) is 1.58. The van der Waals surface area contributed by atoms with E-state index in [1.54, 1.807) is 109 Å². The van der Waals surface area contributed by atoms with Crippen molar-refractivity contribution in [2.45, 2.75) is 52.8 Å². The van der Waals surface area contributed by atoms with Crippen LogP contribution in [0, 0.1) is 12.8 Å². The SMILES string of the molecule is COc1ccc2c(Oc3ccc(NC(=O)c4c(C)n(C[C@@H](C)C(NC(=O)OC(C)(C)C)C(=O)O)n(-c5ccccc5)c4=O)nc3)ccnc2c1. The van der Waals surface area contributed by atoms with E-state index in [1.165, 1.54) is 15.6 Å². The maximum absolute atomic E-state index is 13.9. The lowest BCUT2D eigenvalue weighted by molar-refractivity contribution is -0.141. The second-order valence-corrected chi connectivity index (χ2v) is 12.6. The Morgan fingerprint density at radius 3 is 2.34 bits per heavy atom. The Hall–Kier alpha value is -6.18. The third-order valence-electron chi connectivity index (χ3n) is 7.71. The van der Waals surface area contributed by atoms with Gasteiger partial charge in [-0.3, -0.25) is 19.3 Å². The maximum Gasteiger partial charge on any atom is 0.408 e. The van der Waals surface area contributed by atoms with E-state index >= 15 is 0 Å². The lowest BCUT2D eigenvalue weighted by Gasteiger charge is -2.26. The number of carboxylic acid groups (broad SMARTS) is 1. The molecule has 0 saturated heterocycles. The molecule has 0 bridgehead atoms. The number of carbonyl (C=O) groups is 3. The van der Waals surface area contributed by atoms with E-state index in [2.05, 4.69) is 20.6 Å². The second-order valence-electron chi connectivity index (χ2n) is 12.6. The van der Waals surface area contributed by atoms with Gasteiger partial charge in [0, 0.05) is 30.1 Å². The highest BCUT2D eigenvalue weighted by Gasteiger charge is 2.32. The molecule has 0 saturated carbocycles. The van der Waals surface area contributed by atoms with E-state index in [1.807, 2.05) is 6.07 Å². The second kappa shape index (κ2) is 14.5. The number of amides is 2. The molecule has 3 aromatic heterocycles. The van der Waals surface area contributed by atoms with Crippen LogP contribution in [0.5, 0.6) is 17.2 Å². The van der Waals surface area contributed by atoms with E-state index in [4.69, 9.17) is 14.2 Å². The van der Waals surface area contributed by atoms with Crippen molar-refractivity contribution in [3.63, 3.8) is 0 Å². The first-order valence-corrected chi connectivity index (χ1v) is 15.7. The summed E-state index contributed by atoms with van der Waals surface area (Å²) in [6, 6.07) is 17.6. The molecular weight excluding hydrogens is 644 g/mol. The first-order chi connectivity index (χ1) is 23.8. The van der Waals surface area contributed by atoms with Crippen LogP contribution in [0.25, 0.3) is 16.6 Å². The van der Waals surface area contributed by atoms with Gasteiger partial charge in [0.25, 0.3) is 11.5 Å². The predicted octanol–water partition coefficient (Wildman–Crippen LogP) is 5.56. The smallest absolute Gasteiger partial charge is 0.408 e. The minimum absolute atomic E-state index is 0.0449. The molecule has 3 heterocycles. The minimum Gasteiger partial charge on any atom is -0.497 e. The van der Waals surface area contributed by atoms with Crippen molar-refractivity contribution in [3.8, 4) is 22.9 Å². The average Bonchev–Trinajstić information content (AvgIpc) is 3.31. The van der Waals surface area contributed by atoms with Crippen molar-refractivity contribution in [2.24, 2.45) is 5.92 Å². The molecule has 0 aliphatic rings. The van der Waals surface area contributed by atoms with Gasteiger partial charge in [0.2, 0.25) is 0 Å². The zero-order valence-corrected chi connectivity index (χ0v) is 28.5. The lowest BCUT2D eigenvalue weighted by atomic mass is 10.0. The molecule has 0 radical (unpaired) electrons. The summed E-state index contributed by atoms with van der Waals surface area (Å²) in [5, 5.41) is 15.8. The topological polar surface area (TPSA) is 176 Å². The molecule has 0 spiro atoms. The van der Waals surface area contributed by atoms with E-state index < -0.39 is 41.1 Å². The summed E-state index contributed by atoms with van der Waals surface area (Å²) in [4.78, 5) is 60.9. The molecule has 3 N–H and O–H groups in total. The van der Waals surface area contributed by atoms with Crippen molar-refractivity contribution in [2.75, 3.05) is 12.4 Å². The molecule has 260 valence electrons. The van der Waals surface area contributed by atoms with Gasteiger partial charge in [-0.1, -0.05) is 25.1 Å². The lowest BCUT2D eigenvalue weighted by Crippen LogP contribution is -2.48. The van der Waals surface area contributed by atoms with Crippen molar-refractivity contribution in [3.05, 3.63) is 101 Å². The van der Waals surface area contributed by atoms with Crippen LogP contribution in [-0.4, -0.2) is 61.2 Å². The van der Waals surface area contributed by atoms with Gasteiger partial charge in [-0.25, -0.2) is 19.3 Å². The number of aromatic nitrogens is 4. The number of nitrogens with one attached hydrogen (secondary N) is 2. The Morgan fingerprint density at radius 1 is 0.980 bits per heavy atom. The molecule has 2 aromatic carbocycles. The number of hydrogen-bond donors (Lipinski definition) is 3. The fourth-order valence-electron chi connectivity index (χ4n) is 5.35. The number of nitrogens with zero attached hydrogens (tertiary/aromatic N) is 4. The Bertz CT molecular complexity index is 2080. The van der Waals surface area contributed by atoms with Gasteiger partial charge in [0.15, 0.2) is 0 Å². The van der Waals surface area contributed by atoms with Crippen LogP contribution in [0.4, 0.5) is 10.6 Å². The number of anilines is 1. The van der Waals surface area contributed by atoms with Crippen molar-refractivity contribution in [1.29, 1.82) is 0 Å². The molecule has 2 amide bonds. The zero-order valence-electron chi connectivity index (χ0n) is 28.5. The van der Waals surface area contributed by atoms with Crippen LogP contribution in [0.15, 0.2) is 83.9 Å². The summed E-state index contributed by atoms with van der Waals surface area (Å²) in [6.07, 6.45) is 2.17. The molecule has 14 nitrogen and oxygen atoms in total. The summed E-state index contributed by atoms with van der Waals surface area (Å²) in [5.74, 6) is -0.942. The van der Waals surface area contributed by atoms with Crippen LogP contribution < -0.4 is 25.7 Å². The number of para-hydroxylation sites is 1. The van der Waals surface area contributed by atoms with Crippen molar-refractivity contribution < 1.29 is 33.7 Å². The molecule has 50 heavy (non-hydrogen) atoms. The number of carboxylic acids is 1. The Kier molecular flexibility index (Phi) is 10.2. The normalized spacial score (nSPS) is 12.5. The fourth-order valence-corrected chi connectivity index (χ4v) is 5.35. The molecule has 5 rings (SSSR count). The number of hydrogen-bond acceptors (Lipinski definition) is 9. The third-order valence-corrected chi connectivity index (χ3v) is 7.71. The number of fused-ring (bicyclic) bond motifs is 1. The molecule has 2 atom stereocenters. The largest absolute Gasteiger partial charge is 0.497 e. The third kappa shape index (κ3) is 7.92. The number of rotatable bonds is 11. The Morgan fingerprint density at radius 2 is 1.70 bits per heavy atom. The molecule has 5 aromatic rings. The van der Waals surface area contributed by atoms with Crippen LogP contribution in [-0.2, 0) is 16.1 Å². The van der Waals surface area contributed by atoms with Crippen LogP contribution in [0.1, 0.15) is 43.7 Å². The number of aliphatic carboxylic acids is 1. The molecule has 0 aliphatic carbocycles. The first-order valence-electron chi connectivity index (χ1n) is 15.7. The Balaban J connectivity index is 1.39. The van der Waals surface area contributed by atoms with Crippen molar-refractivity contribution >= 4 is 34.7 Å². The van der Waals surface area contributed by atoms with E-state index in [0.717, 1.165) is 5.39 Å². The monoisotopic (exact) mass is 682 g/mol. The number of alkyl carbamates (subject to hydrolysis) is 1. The van der Waals surface area contributed by atoms with Gasteiger partial charge in [-0.15, -0.1) is 0 Å². The van der Waals surface area contributed by atoms with Gasteiger partial charge in [0.05, 0.1) is 30.2 Å².